The molecule has 23 heavy (non-hydrogen) atoms. The van der Waals surface area contributed by atoms with Crippen LogP contribution in [0.25, 0.3) is 0 Å². The van der Waals surface area contributed by atoms with E-state index in [9.17, 15) is 23.1 Å². The minimum Gasteiger partial charge on any atom is -0.506 e. The lowest BCUT2D eigenvalue weighted by Gasteiger charge is -2.38. The molecule has 5 nitrogen and oxygen atoms in total. The number of phenols is 1. The Kier molecular flexibility index (Phi) is 5.35. The third-order valence-electron chi connectivity index (χ3n) is 3.93. The Labute approximate surface area is 132 Å². The highest BCUT2D eigenvalue weighted by Crippen LogP contribution is 2.27. The van der Waals surface area contributed by atoms with E-state index in [0.29, 0.717) is 26.2 Å². The number of phenolic OH excluding ortho intramolecular Hbond substituents is 1. The molecule has 0 unspecified atom stereocenters. The number of carbonyl (C=O) groups excluding carboxylic acids is 1. The average molecular weight is 331 g/mol. The van der Waals surface area contributed by atoms with Crippen molar-refractivity contribution < 1.29 is 23.1 Å². The average Bonchev–Trinajstić information content (AvgIpc) is 2.52. The van der Waals surface area contributed by atoms with Gasteiger partial charge in [0.15, 0.2) is 0 Å². The van der Waals surface area contributed by atoms with E-state index in [1.165, 1.54) is 0 Å². The molecule has 1 heterocycles. The highest BCUT2D eigenvalue weighted by molar-refractivity contribution is 5.81. The van der Waals surface area contributed by atoms with Gasteiger partial charge in [-0.1, -0.05) is 12.1 Å². The zero-order valence-corrected chi connectivity index (χ0v) is 12.8. The van der Waals surface area contributed by atoms with Crippen LogP contribution in [0.15, 0.2) is 24.3 Å². The largest absolute Gasteiger partial charge is 0.506 e. The Morgan fingerprint density at radius 2 is 1.87 bits per heavy atom. The van der Waals surface area contributed by atoms with E-state index in [1.807, 2.05) is 27.2 Å². The lowest BCUT2D eigenvalue weighted by atomic mass is 10.2. The van der Waals surface area contributed by atoms with Gasteiger partial charge < -0.3 is 15.3 Å². The van der Waals surface area contributed by atoms with Gasteiger partial charge in [0.05, 0.1) is 11.7 Å². The Bertz CT molecular complexity index is 543. The van der Waals surface area contributed by atoms with Crippen LogP contribution in [-0.4, -0.2) is 60.9 Å². The monoisotopic (exact) mass is 331 g/mol. The predicted molar refractivity (Wildman–Crippen MR) is 80.4 cm³/mol. The Morgan fingerprint density at radius 3 is 2.43 bits per heavy atom. The number of benzene rings is 1. The number of hydrogen-bond donors (Lipinski definition) is 2. The van der Waals surface area contributed by atoms with Gasteiger partial charge >= 0.3 is 6.18 Å². The van der Waals surface area contributed by atoms with Crippen LogP contribution in [0.4, 0.5) is 18.9 Å². The van der Waals surface area contributed by atoms with E-state index in [0.717, 1.165) is 5.69 Å². The maximum atomic E-state index is 12.1. The Balaban J connectivity index is 1.86. The minimum atomic E-state index is -4.40. The number of nitrogens with zero attached hydrogens (tertiary/aromatic N) is 2. The van der Waals surface area contributed by atoms with Crippen molar-refractivity contribution in [2.24, 2.45) is 0 Å². The van der Waals surface area contributed by atoms with Crippen LogP contribution < -0.4 is 10.2 Å². The summed E-state index contributed by atoms with van der Waals surface area (Å²) in [6, 6.07) is 6.36. The lowest BCUT2D eigenvalue weighted by Crippen LogP contribution is -2.54. The zero-order valence-electron chi connectivity index (χ0n) is 12.8. The number of halogens is 3. The summed E-state index contributed by atoms with van der Waals surface area (Å²) in [5.41, 5.74) is 0.723. The second kappa shape index (κ2) is 7.08. The summed E-state index contributed by atoms with van der Waals surface area (Å²) in [4.78, 5) is 15.6. The molecule has 0 bridgehead atoms. The summed E-state index contributed by atoms with van der Waals surface area (Å²) in [5.74, 6) is -0.435. The third kappa shape index (κ3) is 4.75. The van der Waals surface area contributed by atoms with E-state index in [-0.39, 0.29) is 5.75 Å². The summed E-state index contributed by atoms with van der Waals surface area (Å²) >= 11 is 0. The van der Waals surface area contributed by atoms with Crippen molar-refractivity contribution in [3.63, 3.8) is 0 Å². The highest BCUT2D eigenvalue weighted by atomic mass is 19.4. The van der Waals surface area contributed by atoms with Crippen LogP contribution in [0.2, 0.25) is 0 Å². The fraction of sp³-hybridized carbons (Fsp3) is 0.533. The molecule has 1 aromatic rings. The Morgan fingerprint density at radius 1 is 1.26 bits per heavy atom. The molecule has 1 saturated heterocycles. The van der Waals surface area contributed by atoms with E-state index in [2.05, 4.69) is 0 Å². The molecule has 1 amide bonds. The van der Waals surface area contributed by atoms with Crippen LogP contribution in [0.1, 0.15) is 6.92 Å². The molecule has 0 spiro atoms. The number of amides is 1. The summed E-state index contributed by atoms with van der Waals surface area (Å²) in [5, 5.41) is 11.8. The van der Waals surface area contributed by atoms with Crippen molar-refractivity contribution in [2.75, 3.05) is 37.6 Å². The number of anilines is 1. The summed E-state index contributed by atoms with van der Waals surface area (Å²) in [7, 11) is 0. The summed E-state index contributed by atoms with van der Waals surface area (Å²) in [6.45, 7) is 2.54. The van der Waals surface area contributed by atoms with Gasteiger partial charge in [0.2, 0.25) is 5.91 Å². The molecule has 2 rings (SSSR count). The number of nitrogens with one attached hydrogen (secondary N) is 1. The molecule has 2 N–H and O–H groups in total. The molecule has 128 valence electrons. The molecule has 0 saturated carbocycles. The molecular weight excluding hydrogens is 311 g/mol. The molecule has 1 atom stereocenters. The van der Waals surface area contributed by atoms with Crippen molar-refractivity contribution in [3.05, 3.63) is 24.3 Å². The first kappa shape index (κ1) is 17.4. The second-order valence-corrected chi connectivity index (χ2v) is 5.52. The van der Waals surface area contributed by atoms with Crippen LogP contribution >= 0.6 is 0 Å². The van der Waals surface area contributed by atoms with Gasteiger partial charge in [-0.15, -0.1) is 0 Å². The molecule has 1 aliphatic rings. The van der Waals surface area contributed by atoms with Crippen molar-refractivity contribution in [1.82, 2.24) is 10.2 Å². The quantitative estimate of drug-likeness (QED) is 0.880. The maximum Gasteiger partial charge on any atom is 0.405 e. The molecule has 0 radical (unpaired) electrons. The van der Waals surface area contributed by atoms with Crippen molar-refractivity contribution in [2.45, 2.75) is 19.1 Å². The van der Waals surface area contributed by atoms with Crippen LogP contribution in [0.5, 0.6) is 5.75 Å². The second-order valence-electron chi connectivity index (χ2n) is 5.52. The van der Waals surface area contributed by atoms with Crippen LogP contribution in [0, 0.1) is 0 Å². The molecular formula is C15H20F3N3O2. The number of hydrogen-bond acceptors (Lipinski definition) is 4. The first-order chi connectivity index (χ1) is 10.8. The lowest BCUT2D eigenvalue weighted by molar-refractivity contribution is -0.141. The maximum absolute atomic E-state index is 12.1. The van der Waals surface area contributed by atoms with Crippen LogP contribution in [-0.2, 0) is 4.79 Å². The van der Waals surface area contributed by atoms with Crippen molar-refractivity contribution in [1.29, 1.82) is 0 Å². The molecule has 8 heteroatoms. The number of piperazine rings is 1. The SMILES string of the molecule is C[C@H](C(=O)NCC(F)(F)F)N1CCN(c2ccccc2O)CC1. The fourth-order valence-electron chi connectivity index (χ4n) is 2.58. The van der Waals surface area contributed by atoms with E-state index >= 15 is 0 Å². The predicted octanol–water partition coefficient (Wildman–Crippen LogP) is 1.58. The van der Waals surface area contributed by atoms with Crippen molar-refractivity contribution >= 4 is 11.6 Å². The van der Waals surface area contributed by atoms with Gasteiger partial charge in [-0.3, -0.25) is 9.69 Å². The summed E-state index contributed by atoms with van der Waals surface area (Å²) in [6.07, 6.45) is -4.40. The van der Waals surface area contributed by atoms with Crippen LogP contribution in [0.3, 0.4) is 0 Å². The smallest absolute Gasteiger partial charge is 0.405 e. The van der Waals surface area contributed by atoms with Crippen molar-refractivity contribution in [3.8, 4) is 5.75 Å². The van der Waals surface area contributed by atoms with Gasteiger partial charge in [0, 0.05) is 26.2 Å². The van der Waals surface area contributed by atoms with Gasteiger partial charge in [0.1, 0.15) is 12.3 Å². The standard InChI is InChI=1S/C15H20F3N3O2/c1-11(14(23)19-10-15(16,17)18)20-6-8-21(9-7-20)12-4-2-3-5-13(12)22/h2-5,11,22H,6-10H2,1H3,(H,19,23)/t11-/m1/s1. The zero-order chi connectivity index (χ0) is 17.0. The van der Waals surface area contributed by atoms with Gasteiger partial charge in [0.25, 0.3) is 0 Å². The molecule has 1 fully saturated rings. The van der Waals surface area contributed by atoms with E-state index in [1.54, 1.807) is 19.1 Å². The molecule has 1 aromatic carbocycles. The first-order valence-electron chi connectivity index (χ1n) is 7.39. The number of aromatic hydroxyl groups is 1. The highest BCUT2D eigenvalue weighted by Gasteiger charge is 2.31. The van der Waals surface area contributed by atoms with E-state index in [4.69, 9.17) is 0 Å². The number of carbonyl (C=O) groups is 1. The number of rotatable bonds is 4. The number of para-hydroxylation sites is 2. The summed E-state index contributed by atoms with van der Waals surface area (Å²) < 4.78 is 36.4. The molecule has 1 aliphatic heterocycles. The Hall–Kier alpha value is -1.96. The van der Waals surface area contributed by atoms with E-state index < -0.39 is 24.7 Å². The minimum absolute atomic E-state index is 0.192. The third-order valence-corrected chi connectivity index (χ3v) is 3.93. The normalized spacial score (nSPS) is 17.8. The molecule has 0 aliphatic carbocycles. The fourth-order valence-corrected chi connectivity index (χ4v) is 2.58. The molecule has 0 aromatic heterocycles. The van der Waals surface area contributed by atoms with Gasteiger partial charge in [-0.25, -0.2) is 0 Å². The van der Waals surface area contributed by atoms with Gasteiger partial charge in [-0.2, -0.15) is 13.2 Å². The number of alkyl halides is 3. The topological polar surface area (TPSA) is 55.8 Å². The first-order valence-corrected chi connectivity index (χ1v) is 7.39. The van der Waals surface area contributed by atoms with Gasteiger partial charge in [-0.05, 0) is 19.1 Å².